The first-order valence-electron chi connectivity index (χ1n) is 8.16. The molecular formula is C19H22N2O2. The molecule has 4 nitrogen and oxygen atoms in total. The molecule has 1 aliphatic heterocycles. The lowest BCUT2D eigenvalue weighted by Crippen LogP contribution is -2.39. The number of ether oxygens (including phenoxy) is 1. The topological polar surface area (TPSA) is 41.6 Å². The SMILES string of the molecule is O=C(CNc1ccccc1Oc1ccccc1)N1CCCCC1. The quantitative estimate of drug-likeness (QED) is 0.910. The number of nitrogens with one attached hydrogen (secondary N) is 1. The summed E-state index contributed by atoms with van der Waals surface area (Å²) in [4.78, 5) is 14.2. The number of likely N-dealkylation sites (tertiary alicyclic amines) is 1. The van der Waals surface area contributed by atoms with Crippen molar-refractivity contribution in [3.63, 3.8) is 0 Å². The standard InChI is InChI=1S/C19H22N2O2/c22-19(21-13-7-2-8-14-21)15-20-17-11-5-6-12-18(17)23-16-9-3-1-4-10-16/h1,3-6,9-12,20H,2,7-8,13-15H2. The number of anilines is 1. The fourth-order valence-corrected chi connectivity index (χ4v) is 2.74. The molecule has 0 atom stereocenters. The number of hydrogen-bond donors (Lipinski definition) is 1. The van der Waals surface area contributed by atoms with Gasteiger partial charge in [-0.2, -0.15) is 0 Å². The van der Waals surface area contributed by atoms with E-state index in [4.69, 9.17) is 4.74 Å². The maximum absolute atomic E-state index is 12.3. The summed E-state index contributed by atoms with van der Waals surface area (Å²) in [6.07, 6.45) is 3.45. The number of carbonyl (C=O) groups is 1. The van der Waals surface area contributed by atoms with Gasteiger partial charge in [-0.3, -0.25) is 4.79 Å². The number of para-hydroxylation sites is 3. The Morgan fingerprint density at radius 3 is 2.43 bits per heavy atom. The summed E-state index contributed by atoms with van der Waals surface area (Å²) in [5, 5.41) is 3.21. The Hall–Kier alpha value is -2.49. The molecule has 1 saturated heterocycles. The van der Waals surface area contributed by atoms with Crippen molar-refractivity contribution < 1.29 is 9.53 Å². The molecule has 23 heavy (non-hydrogen) atoms. The fraction of sp³-hybridized carbons (Fsp3) is 0.316. The molecule has 1 heterocycles. The van der Waals surface area contributed by atoms with Gasteiger partial charge in [0.05, 0.1) is 12.2 Å². The molecule has 0 spiro atoms. The van der Waals surface area contributed by atoms with Crippen molar-refractivity contribution in [2.45, 2.75) is 19.3 Å². The molecule has 1 fully saturated rings. The van der Waals surface area contributed by atoms with Crippen molar-refractivity contribution in [1.29, 1.82) is 0 Å². The van der Waals surface area contributed by atoms with Crippen molar-refractivity contribution in [3.8, 4) is 11.5 Å². The predicted octanol–water partition coefficient (Wildman–Crippen LogP) is 3.90. The highest BCUT2D eigenvalue weighted by Crippen LogP contribution is 2.28. The molecule has 0 saturated carbocycles. The van der Waals surface area contributed by atoms with Crippen molar-refractivity contribution in [2.75, 3.05) is 25.0 Å². The summed E-state index contributed by atoms with van der Waals surface area (Å²) in [6.45, 7) is 2.06. The van der Waals surface area contributed by atoms with Gasteiger partial charge in [0, 0.05) is 13.1 Å². The van der Waals surface area contributed by atoms with E-state index >= 15 is 0 Å². The highest BCUT2D eigenvalue weighted by molar-refractivity contribution is 5.81. The van der Waals surface area contributed by atoms with Gasteiger partial charge in [-0.1, -0.05) is 30.3 Å². The zero-order valence-electron chi connectivity index (χ0n) is 13.2. The normalized spacial score (nSPS) is 14.3. The molecule has 1 aliphatic rings. The van der Waals surface area contributed by atoms with Crippen molar-refractivity contribution in [1.82, 2.24) is 4.90 Å². The molecule has 4 heteroatoms. The van der Waals surface area contributed by atoms with E-state index in [2.05, 4.69) is 5.32 Å². The molecule has 1 amide bonds. The molecule has 2 aromatic carbocycles. The van der Waals surface area contributed by atoms with Gasteiger partial charge in [0.25, 0.3) is 0 Å². The highest BCUT2D eigenvalue weighted by atomic mass is 16.5. The second kappa shape index (κ2) is 7.68. The average molecular weight is 310 g/mol. The van der Waals surface area contributed by atoms with Crippen LogP contribution >= 0.6 is 0 Å². The van der Waals surface area contributed by atoms with E-state index < -0.39 is 0 Å². The Labute approximate surface area is 137 Å². The van der Waals surface area contributed by atoms with Crippen LogP contribution in [0.3, 0.4) is 0 Å². The van der Waals surface area contributed by atoms with Crippen LogP contribution in [0.15, 0.2) is 54.6 Å². The summed E-state index contributed by atoms with van der Waals surface area (Å²) in [7, 11) is 0. The van der Waals surface area contributed by atoms with Crippen LogP contribution in [0.1, 0.15) is 19.3 Å². The lowest BCUT2D eigenvalue weighted by molar-refractivity contribution is -0.130. The molecule has 0 aliphatic carbocycles. The number of carbonyl (C=O) groups excluding carboxylic acids is 1. The fourth-order valence-electron chi connectivity index (χ4n) is 2.74. The van der Waals surface area contributed by atoms with Gasteiger partial charge in [0.2, 0.25) is 5.91 Å². The van der Waals surface area contributed by atoms with Crippen molar-refractivity contribution >= 4 is 11.6 Å². The molecule has 0 bridgehead atoms. The second-order valence-electron chi connectivity index (χ2n) is 5.71. The van der Waals surface area contributed by atoms with Gasteiger partial charge in [-0.05, 0) is 43.5 Å². The molecule has 2 aromatic rings. The van der Waals surface area contributed by atoms with Gasteiger partial charge < -0.3 is 15.0 Å². The first-order chi connectivity index (χ1) is 11.3. The summed E-state index contributed by atoms with van der Waals surface area (Å²) in [5.41, 5.74) is 0.835. The third-order valence-electron chi connectivity index (χ3n) is 4.00. The zero-order chi connectivity index (χ0) is 15.9. The molecular weight excluding hydrogens is 288 g/mol. The maximum atomic E-state index is 12.3. The lowest BCUT2D eigenvalue weighted by atomic mass is 10.1. The summed E-state index contributed by atoms with van der Waals surface area (Å²) < 4.78 is 5.90. The number of piperidine rings is 1. The predicted molar refractivity (Wildman–Crippen MR) is 91.9 cm³/mol. The number of benzene rings is 2. The summed E-state index contributed by atoms with van der Waals surface area (Å²) in [5.74, 6) is 1.66. The Morgan fingerprint density at radius 1 is 0.957 bits per heavy atom. The third kappa shape index (κ3) is 4.25. The van der Waals surface area contributed by atoms with Crippen LogP contribution < -0.4 is 10.1 Å². The molecule has 120 valence electrons. The summed E-state index contributed by atoms with van der Waals surface area (Å²) in [6, 6.07) is 17.3. The van der Waals surface area contributed by atoms with Crippen LogP contribution in [0.5, 0.6) is 11.5 Å². The number of hydrogen-bond acceptors (Lipinski definition) is 3. The minimum atomic E-state index is 0.152. The van der Waals surface area contributed by atoms with E-state index in [1.165, 1.54) is 6.42 Å². The average Bonchev–Trinajstić information content (AvgIpc) is 2.62. The van der Waals surface area contributed by atoms with Gasteiger partial charge >= 0.3 is 0 Å². The van der Waals surface area contributed by atoms with E-state index in [1.54, 1.807) is 0 Å². The van der Waals surface area contributed by atoms with Crippen LogP contribution in [0.4, 0.5) is 5.69 Å². The number of nitrogens with zero attached hydrogens (tertiary/aromatic N) is 1. The van der Waals surface area contributed by atoms with Gasteiger partial charge in [-0.25, -0.2) is 0 Å². The number of rotatable bonds is 5. The Balaban J connectivity index is 1.62. The Bertz CT molecular complexity index is 637. The lowest BCUT2D eigenvalue weighted by Gasteiger charge is -2.27. The molecule has 3 rings (SSSR count). The van der Waals surface area contributed by atoms with Crippen LogP contribution in [0.2, 0.25) is 0 Å². The van der Waals surface area contributed by atoms with Crippen LogP contribution in [-0.2, 0) is 4.79 Å². The minimum Gasteiger partial charge on any atom is -0.455 e. The first kappa shape index (κ1) is 15.4. The monoisotopic (exact) mass is 310 g/mol. The van der Waals surface area contributed by atoms with E-state index in [9.17, 15) is 4.79 Å². The Morgan fingerprint density at radius 2 is 1.65 bits per heavy atom. The molecule has 0 unspecified atom stereocenters. The van der Waals surface area contributed by atoms with Gasteiger partial charge in [0.1, 0.15) is 5.75 Å². The largest absolute Gasteiger partial charge is 0.455 e. The third-order valence-corrected chi connectivity index (χ3v) is 4.00. The Kier molecular flexibility index (Phi) is 5.14. The smallest absolute Gasteiger partial charge is 0.241 e. The van der Waals surface area contributed by atoms with Crippen LogP contribution in [0, 0.1) is 0 Å². The highest BCUT2D eigenvalue weighted by Gasteiger charge is 2.16. The van der Waals surface area contributed by atoms with Gasteiger partial charge in [-0.15, -0.1) is 0 Å². The van der Waals surface area contributed by atoms with E-state index in [0.29, 0.717) is 6.54 Å². The second-order valence-corrected chi connectivity index (χ2v) is 5.71. The first-order valence-corrected chi connectivity index (χ1v) is 8.16. The molecule has 0 aromatic heterocycles. The van der Waals surface area contributed by atoms with Crippen LogP contribution in [-0.4, -0.2) is 30.4 Å². The molecule has 0 radical (unpaired) electrons. The maximum Gasteiger partial charge on any atom is 0.241 e. The number of amides is 1. The minimum absolute atomic E-state index is 0.152. The van der Waals surface area contributed by atoms with E-state index in [0.717, 1.165) is 43.1 Å². The van der Waals surface area contributed by atoms with Gasteiger partial charge in [0.15, 0.2) is 5.75 Å². The van der Waals surface area contributed by atoms with E-state index in [-0.39, 0.29) is 5.91 Å². The van der Waals surface area contributed by atoms with Crippen molar-refractivity contribution in [2.24, 2.45) is 0 Å². The molecule has 1 N–H and O–H groups in total. The summed E-state index contributed by atoms with van der Waals surface area (Å²) >= 11 is 0. The zero-order valence-corrected chi connectivity index (χ0v) is 13.2. The van der Waals surface area contributed by atoms with Crippen LogP contribution in [0.25, 0.3) is 0 Å². The van der Waals surface area contributed by atoms with E-state index in [1.807, 2.05) is 59.5 Å². The van der Waals surface area contributed by atoms with Crippen molar-refractivity contribution in [3.05, 3.63) is 54.6 Å².